The maximum atomic E-state index is 7.44. The van der Waals surface area contributed by atoms with Crippen molar-refractivity contribution in [1.29, 1.82) is 0 Å². The first-order valence-corrected chi connectivity index (χ1v) is 22.6. The predicted octanol–water partition coefficient (Wildman–Crippen LogP) is 14.1. The van der Waals surface area contributed by atoms with Crippen LogP contribution in [0.3, 0.4) is 0 Å². The smallest absolute Gasteiger partial charge is 0.209 e. The topological polar surface area (TPSA) is 19.4 Å². The summed E-state index contributed by atoms with van der Waals surface area (Å²) in [6, 6.07) is 26.1. The molecule has 3 heterocycles. The van der Waals surface area contributed by atoms with Crippen LogP contribution in [0.25, 0.3) is 0 Å². The van der Waals surface area contributed by atoms with Crippen LogP contribution >= 0.6 is 23.2 Å². The third-order valence-electron chi connectivity index (χ3n) is 12.9. The zero-order chi connectivity index (χ0) is 43.4. The lowest BCUT2D eigenvalue weighted by Crippen LogP contribution is -2.34. The molecule has 3 aliphatic rings. The van der Waals surface area contributed by atoms with Crippen LogP contribution in [0, 0.1) is 5.41 Å². The molecule has 0 bridgehead atoms. The molecule has 1 atom stereocenters. The Morgan fingerprint density at radius 2 is 1.42 bits per heavy atom. The fourth-order valence-corrected chi connectivity index (χ4v) is 9.78. The zero-order valence-electron chi connectivity index (χ0n) is 38.0. The normalized spacial score (nSPS) is 19.3. The molecule has 0 saturated heterocycles. The van der Waals surface area contributed by atoms with Gasteiger partial charge in [-0.1, -0.05) is 109 Å². The van der Waals surface area contributed by atoms with Gasteiger partial charge < -0.3 is 9.64 Å². The van der Waals surface area contributed by atoms with Crippen molar-refractivity contribution >= 4 is 40.3 Å². The number of aromatic nitrogens is 1. The SMILES string of the molecule is CCN1/C(=C/C=C2\CCC(/C=C/C3=[N+](CC)c4ccc(Cl)cc4C3(C)C)=C2OC(c2cc[n+](Cc3ccc(C(C)(C)C)cc3)cc2)C(C)(C)C)C(C)(C)c2cc(Cl)ccc21. The molecule has 4 aromatic rings. The van der Waals surface area contributed by atoms with Gasteiger partial charge in [-0.15, -0.1) is 0 Å². The number of anilines is 1. The highest BCUT2D eigenvalue weighted by Gasteiger charge is 2.44. The van der Waals surface area contributed by atoms with E-state index in [1.165, 1.54) is 61.7 Å². The standard InChI is InChI=1S/C54H65Cl2N3O/c1-13-58-45-25-23-41(55)33-43(45)53(9,10)47(58)27-19-37-17-18-38(20-28-48-54(11,12)44-34-42(56)24-26-46(44)59(48)14-2)49(37)60-50(52(6,7)8)39-29-31-57(32-30-39)35-36-15-21-40(22-16-36)51(3,4)5/h15-16,19-34,50H,13-14,17-18,35H2,1-12H3/q+2. The van der Waals surface area contributed by atoms with Gasteiger partial charge in [-0.25, -0.2) is 4.57 Å². The van der Waals surface area contributed by atoms with Gasteiger partial charge in [-0.3, -0.25) is 0 Å². The highest BCUT2D eigenvalue weighted by Crippen LogP contribution is 2.49. The van der Waals surface area contributed by atoms with Crippen molar-refractivity contribution in [3.05, 3.63) is 170 Å². The van der Waals surface area contributed by atoms with Gasteiger partial charge in [-0.05, 0) is 111 Å². The average Bonchev–Trinajstić information content (AvgIpc) is 3.74. The summed E-state index contributed by atoms with van der Waals surface area (Å²) >= 11 is 13.1. The number of halogens is 2. The number of fused-ring (bicyclic) bond motifs is 2. The van der Waals surface area contributed by atoms with Crippen molar-refractivity contribution in [2.75, 3.05) is 18.0 Å². The monoisotopic (exact) mass is 841 g/mol. The van der Waals surface area contributed by atoms with Crippen molar-refractivity contribution in [2.24, 2.45) is 5.41 Å². The minimum Gasteiger partial charge on any atom is -0.485 e. The summed E-state index contributed by atoms with van der Waals surface area (Å²) < 4.78 is 12.1. The van der Waals surface area contributed by atoms with Crippen molar-refractivity contribution in [1.82, 2.24) is 0 Å². The summed E-state index contributed by atoms with van der Waals surface area (Å²) in [5.74, 6) is 0.984. The number of pyridine rings is 1. The Balaban J connectivity index is 1.27. The molecule has 6 heteroatoms. The second kappa shape index (κ2) is 16.5. The molecule has 1 unspecified atom stereocenters. The summed E-state index contributed by atoms with van der Waals surface area (Å²) in [4.78, 5) is 2.43. The number of benzene rings is 3. The van der Waals surface area contributed by atoms with Crippen LogP contribution in [0.2, 0.25) is 10.0 Å². The van der Waals surface area contributed by atoms with Crippen molar-refractivity contribution in [2.45, 2.75) is 125 Å². The molecule has 2 aliphatic heterocycles. The molecular weight excluding hydrogens is 778 g/mol. The fourth-order valence-electron chi connectivity index (χ4n) is 9.44. The van der Waals surface area contributed by atoms with E-state index in [1.807, 2.05) is 12.1 Å². The second-order valence-corrected chi connectivity index (χ2v) is 20.9. The van der Waals surface area contributed by atoms with Crippen molar-refractivity contribution in [3.8, 4) is 0 Å². The first-order valence-electron chi connectivity index (χ1n) is 21.8. The molecule has 0 saturated carbocycles. The molecule has 1 aromatic heterocycles. The Morgan fingerprint density at radius 3 is 2.03 bits per heavy atom. The summed E-state index contributed by atoms with van der Waals surface area (Å²) in [5.41, 5.74) is 13.3. The molecule has 0 amide bonds. The molecular formula is C54H65Cl2N3O+2. The number of nitrogens with zero attached hydrogens (tertiary/aromatic N) is 3. The lowest BCUT2D eigenvalue weighted by atomic mass is 9.81. The highest BCUT2D eigenvalue weighted by atomic mass is 35.5. The van der Waals surface area contributed by atoms with Crippen LogP contribution in [0.1, 0.15) is 130 Å². The van der Waals surface area contributed by atoms with E-state index in [4.69, 9.17) is 27.9 Å². The largest absolute Gasteiger partial charge is 0.485 e. The van der Waals surface area contributed by atoms with Gasteiger partial charge in [-0.2, -0.15) is 4.58 Å². The number of rotatable bonds is 10. The van der Waals surface area contributed by atoms with E-state index in [2.05, 4.69) is 194 Å². The third-order valence-corrected chi connectivity index (χ3v) is 13.4. The second-order valence-electron chi connectivity index (χ2n) is 20.0. The first-order chi connectivity index (χ1) is 28.2. The van der Waals surface area contributed by atoms with E-state index in [-0.39, 0.29) is 27.8 Å². The van der Waals surface area contributed by atoms with Gasteiger partial charge >= 0.3 is 0 Å². The Bertz CT molecular complexity index is 2430. The zero-order valence-corrected chi connectivity index (χ0v) is 39.5. The fraction of sp³-hybridized carbons (Fsp3) is 0.407. The van der Waals surface area contributed by atoms with E-state index in [1.54, 1.807) is 0 Å². The first kappa shape index (κ1) is 43.7. The molecule has 7 rings (SSSR count). The summed E-state index contributed by atoms with van der Waals surface area (Å²) in [7, 11) is 0. The Hall–Kier alpha value is -4.38. The summed E-state index contributed by atoms with van der Waals surface area (Å²) in [6.07, 6.45) is 15.4. The molecule has 0 radical (unpaired) electrons. The molecule has 0 N–H and O–H groups in total. The Kier molecular flexibility index (Phi) is 12.0. The molecule has 60 heavy (non-hydrogen) atoms. The van der Waals surface area contributed by atoms with Gasteiger partial charge in [0.15, 0.2) is 24.7 Å². The maximum Gasteiger partial charge on any atom is 0.209 e. The maximum absolute atomic E-state index is 7.44. The lowest BCUT2D eigenvalue weighted by molar-refractivity contribution is -0.688. The molecule has 1 aliphatic carbocycles. The molecule has 3 aromatic carbocycles. The highest BCUT2D eigenvalue weighted by molar-refractivity contribution is 6.31. The van der Waals surface area contributed by atoms with Crippen LogP contribution in [-0.2, 0) is 27.5 Å². The van der Waals surface area contributed by atoms with Gasteiger partial charge in [0, 0.05) is 79.8 Å². The Labute approximate surface area is 370 Å². The molecule has 4 nitrogen and oxygen atoms in total. The minimum absolute atomic E-state index is 0.137. The van der Waals surface area contributed by atoms with E-state index >= 15 is 0 Å². The Morgan fingerprint density at radius 1 is 0.767 bits per heavy atom. The number of hydrogen-bond donors (Lipinski definition) is 0. The molecule has 0 spiro atoms. The van der Waals surface area contributed by atoms with Gasteiger partial charge in [0.1, 0.15) is 18.4 Å². The van der Waals surface area contributed by atoms with Gasteiger partial charge in [0.05, 0.1) is 5.41 Å². The molecule has 314 valence electrons. The number of likely N-dealkylation sites (N-methyl/N-ethyl adjacent to an activating group) is 1. The average molecular weight is 843 g/mol. The summed E-state index contributed by atoms with van der Waals surface area (Å²) in [5, 5.41) is 1.54. The van der Waals surface area contributed by atoms with Crippen LogP contribution in [0.5, 0.6) is 0 Å². The number of hydrogen-bond acceptors (Lipinski definition) is 2. The lowest BCUT2D eigenvalue weighted by Gasteiger charge is -2.32. The van der Waals surface area contributed by atoms with Crippen LogP contribution in [0.4, 0.5) is 11.4 Å². The van der Waals surface area contributed by atoms with Gasteiger partial charge in [0.25, 0.3) is 0 Å². The van der Waals surface area contributed by atoms with Crippen LogP contribution < -0.4 is 9.47 Å². The van der Waals surface area contributed by atoms with E-state index in [0.717, 1.165) is 48.3 Å². The minimum atomic E-state index is -0.201. The van der Waals surface area contributed by atoms with E-state index in [9.17, 15) is 0 Å². The van der Waals surface area contributed by atoms with Crippen molar-refractivity contribution < 1.29 is 13.9 Å². The van der Waals surface area contributed by atoms with E-state index < -0.39 is 0 Å². The number of allylic oxidation sites excluding steroid dienone is 7. The predicted molar refractivity (Wildman–Crippen MR) is 253 cm³/mol. The van der Waals surface area contributed by atoms with Gasteiger partial charge in [0.2, 0.25) is 5.69 Å². The molecule has 0 fully saturated rings. The van der Waals surface area contributed by atoms with Crippen molar-refractivity contribution in [3.63, 3.8) is 0 Å². The number of ether oxygens (including phenoxy) is 1. The summed E-state index contributed by atoms with van der Waals surface area (Å²) in [6.45, 7) is 29.9. The quantitative estimate of drug-likeness (QED) is 0.148. The van der Waals surface area contributed by atoms with E-state index in [0.29, 0.717) is 0 Å². The third kappa shape index (κ3) is 8.44. The van der Waals surface area contributed by atoms with Crippen LogP contribution in [-0.4, -0.2) is 23.4 Å². The van der Waals surface area contributed by atoms with Crippen LogP contribution in [0.15, 0.2) is 132 Å².